The van der Waals surface area contributed by atoms with Crippen LogP contribution in [0.15, 0.2) is 17.5 Å². The molecule has 0 atom stereocenters. The van der Waals surface area contributed by atoms with Crippen molar-refractivity contribution in [1.82, 2.24) is 4.98 Å². The van der Waals surface area contributed by atoms with Crippen LogP contribution in [0, 0.1) is 0 Å². The molecule has 0 saturated carbocycles. The quantitative estimate of drug-likeness (QED) is 0.799. The number of halogens is 1. The van der Waals surface area contributed by atoms with Crippen molar-refractivity contribution in [2.45, 2.75) is 12.8 Å². The molecule has 0 spiro atoms. The number of carbonyl (C=O) groups excluding carboxylic acids is 2. The lowest BCUT2D eigenvalue weighted by Crippen LogP contribution is -2.17. The number of rotatable bonds is 5. The van der Waals surface area contributed by atoms with Crippen molar-refractivity contribution in [2.75, 3.05) is 25.6 Å². The predicted molar refractivity (Wildman–Crippen MR) is 92.6 cm³/mol. The van der Waals surface area contributed by atoms with Crippen molar-refractivity contribution >= 4 is 39.9 Å². The molecule has 2 heterocycles. The van der Waals surface area contributed by atoms with Gasteiger partial charge in [0.1, 0.15) is 13.2 Å². The average molecular weight is 383 g/mol. The molecule has 1 aliphatic heterocycles. The maximum absolute atomic E-state index is 12.2. The third-order valence-corrected chi connectivity index (χ3v) is 4.46. The minimum atomic E-state index is -0.380. The van der Waals surface area contributed by atoms with Gasteiger partial charge >= 0.3 is 5.97 Å². The molecular weight excluding hydrogens is 368 g/mol. The van der Waals surface area contributed by atoms with Crippen LogP contribution in [0.3, 0.4) is 0 Å². The van der Waals surface area contributed by atoms with Gasteiger partial charge in [0.05, 0.1) is 30.7 Å². The van der Waals surface area contributed by atoms with E-state index in [9.17, 15) is 9.59 Å². The van der Waals surface area contributed by atoms with E-state index in [0.717, 1.165) is 0 Å². The zero-order chi connectivity index (χ0) is 17.8. The van der Waals surface area contributed by atoms with E-state index in [0.29, 0.717) is 46.1 Å². The van der Waals surface area contributed by atoms with Gasteiger partial charge < -0.3 is 19.5 Å². The zero-order valence-electron chi connectivity index (χ0n) is 13.3. The number of benzene rings is 1. The van der Waals surface area contributed by atoms with E-state index in [1.165, 1.54) is 18.4 Å². The number of esters is 1. The number of anilines is 1. The van der Waals surface area contributed by atoms with E-state index >= 15 is 0 Å². The second-order valence-corrected chi connectivity index (χ2v) is 6.49. The summed E-state index contributed by atoms with van der Waals surface area (Å²) >= 11 is 7.41. The van der Waals surface area contributed by atoms with Crippen LogP contribution in [-0.2, 0) is 27.2 Å². The number of aromatic nitrogens is 1. The molecular formula is C16H15ClN2O5S. The minimum absolute atomic E-state index is 0.0701. The van der Waals surface area contributed by atoms with Crippen LogP contribution in [0.5, 0.6) is 11.5 Å². The monoisotopic (exact) mass is 382 g/mol. The summed E-state index contributed by atoms with van der Waals surface area (Å²) in [5.41, 5.74) is 1.26. The first-order valence-corrected chi connectivity index (χ1v) is 8.70. The van der Waals surface area contributed by atoms with Crippen LogP contribution in [0.1, 0.15) is 11.3 Å². The van der Waals surface area contributed by atoms with Gasteiger partial charge in [-0.1, -0.05) is 11.6 Å². The third-order valence-electron chi connectivity index (χ3n) is 3.37. The summed E-state index contributed by atoms with van der Waals surface area (Å²) in [6, 6.07) is 3.42. The average Bonchev–Trinajstić information content (AvgIpc) is 3.01. The molecule has 9 heteroatoms. The van der Waals surface area contributed by atoms with E-state index in [4.69, 9.17) is 21.1 Å². The van der Waals surface area contributed by atoms with E-state index in [-0.39, 0.29) is 24.7 Å². The summed E-state index contributed by atoms with van der Waals surface area (Å²) in [4.78, 5) is 27.6. The van der Waals surface area contributed by atoms with Crippen LogP contribution < -0.4 is 14.8 Å². The Morgan fingerprint density at radius 2 is 2.12 bits per heavy atom. The van der Waals surface area contributed by atoms with E-state index < -0.39 is 0 Å². The van der Waals surface area contributed by atoms with Crippen LogP contribution in [0.4, 0.5) is 5.13 Å². The second kappa shape index (κ2) is 7.71. The highest BCUT2D eigenvalue weighted by Crippen LogP contribution is 2.38. The molecule has 2 aromatic rings. The molecule has 1 aliphatic rings. The van der Waals surface area contributed by atoms with Crippen molar-refractivity contribution in [2.24, 2.45) is 0 Å². The van der Waals surface area contributed by atoms with E-state index in [1.54, 1.807) is 17.5 Å². The molecule has 3 rings (SSSR count). The molecule has 0 saturated heterocycles. The number of hydrogen-bond acceptors (Lipinski definition) is 7. The molecule has 0 bridgehead atoms. The van der Waals surface area contributed by atoms with Gasteiger partial charge in [-0.2, -0.15) is 0 Å². The van der Waals surface area contributed by atoms with Crippen molar-refractivity contribution in [3.63, 3.8) is 0 Å². The normalized spacial score (nSPS) is 12.6. The Morgan fingerprint density at radius 1 is 1.32 bits per heavy atom. The Kier molecular flexibility index (Phi) is 5.40. The maximum Gasteiger partial charge on any atom is 0.311 e. The summed E-state index contributed by atoms with van der Waals surface area (Å²) in [7, 11) is 1.32. The molecule has 1 amide bonds. The fourth-order valence-electron chi connectivity index (χ4n) is 2.28. The number of carbonyl (C=O) groups is 2. The Morgan fingerprint density at radius 3 is 2.92 bits per heavy atom. The van der Waals surface area contributed by atoms with E-state index in [1.807, 2.05) is 0 Å². The van der Waals surface area contributed by atoms with Gasteiger partial charge in [-0.15, -0.1) is 11.3 Å². The number of nitrogens with one attached hydrogen (secondary N) is 1. The SMILES string of the molecule is COC(=O)Cc1csc(NC(=O)Cc2cc(Cl)c3c(c2)OCCO3)n1. The van der Waals surface area contributed by atoms with E-state index in [2.05, 4.69) is 15.0 Å². The summed E-state index contributed by atoms with van der Waals surface area (Å²) in [6.45, 7) is 0.894. The van der Waals surface area contributed by atoms with Crippen LogP contribution in [0.25, 0.3) is 0 Å². The second-order valence-electron chi connectivity index (χ2n) is 5.22. The lowest BCUT2D eigenvalue weighted by molar-refractivity contribution is -0.139. The smallest absolute Gasteiger partial charge is 0.311 e. The molecule has 7 nitrogen and oxygen atoms in total. The van der Waals surface area contributed by atoms with Gasteiger partial charge in [0, 0.05) is 5.38 Å². The lowest BCUT2D eigenvalue weighted by Gasteiger charge is -2.20. The molecule has 1 N–H and O–H groups in total. The van der Waals surface area contributed by atoms with Crippen LogP contribution in [-0.4, -0.2) is 37.2 Å². The fraction of sp³-hybridized carbons (Fsp3) is 0.312. The highest BCUT2D eigenvalue weighted by Gasteiger charge is 2.18. The highest BCUT2D eigenvalue weighted by molar-refractivity contribution is 7.13. The summed E-state index contributed by atoms with van der Waals surface area (Å²) in [6.07, 6.45) is 0.183. The number of thiazole rings is 1. The zero-order valence-corrected chi connectivity index (χ0v) is 14.9. The molecule has 0 aliphatic carbocycles. The summed E-state index contributed by atoms with van der Waals surface area (Å²) in [5, 5.41) is 5.24. The largest absolute Gasteiger partial charge is 0.486 e. The fourth-order valence-corrected chi connectivity index (χ4v) is 3.30. The molecule has 25 heavy (non-hydrogen) atoms. The molecule has 0 radical (unpaired) electrons. The standard InChI is InChI=1S/C16H15ClN2O5S/c1-22-14(21)7-10-8-25-16(18-10)19-13(20)6-9-4-11(17)15-12(5-9)23-2-3-24-15/h4-5,8H,2-3,6-7H2,1H3,(H,18,19,20). The van der Waals surface area contributed by atoms with Gasteiger partial charge in [-0.3, -0.25) is 9.59 Å². The number of fused-ring (bicyclic) bond motifs is 1. The van der Waals surface area contributed by atoms with Gasteiger partial charge in [0.2, 0.25) is 5.91 Å². The third kappa shape index (κ3) is 4.40. The predicted octanol–water partition coefficient (Wildman–Crippen LogP) is 2.46. The maximum atomic E-state index is 12.2. The van der Waals surface area contributed by atoms with Crippen molar-refractivity contribution in [3.05, 3.63) is 33.8 Å². The van der Waals surface area contributed by atoms with Crippen molar-refractivity contribution < 1.29 is 23.8 Å². The van der Waals surface area contributed by atoms with Gasteiger partial charge in [0.25, 0.3) is 0 Å². The molecule has 0 fully saturated rings. The number of hydrogen-bond donors (Lipinski definition) is 1. The van der Waals surface area contributed by atoms with Crippen molar-refractivity contribution in [1.29, 1.82) is 0 Å². The first-order valence-electron chi connectivity index (χ1n) is 7.44. The topological polar surface area (TPSA) is 86.8 Å². The van der Waals surface area contributed by atoms with Crippen LogP contribution in [0.2, 0.25) is 5.02 Å². The molecule has 0 unspecified atom stereocenters. The Bertz CT molecular complexity index is 808. The van der Waals surface area contributed by atoms with Crippen molar-refractivity contribution in [3.8, 4) is 11.5 Å². The number of amides is 1. The van der Waals surface area contributed by atoms with Gasteiger partial charge in [-0.05, 0) is 17.7 Å². The molecule has 132 valence electrons. The number of nitrogens with zero attached hydrogens (tertiary/aromatic N) is 1. The Hall–Kier alpha value is -2.32. The number of methoxy groups -OCH3 is 1. The highest BCUT2D eigenvalue weighted by atomic mass is 35.5. The minimum Gasteiger partial charge on any atom is -0.486 e. The summed E-state index contributed by atoms with van der Waals surface area (Å²) in [5.74, 6) is 0.418. The van der Waals surface area contributed by atoms with Gasteiger partial charge in [0.15, 0.2) is 16.6 Å². The van der Waals surface area contributed by atoms with Crippen LogP contribution >= 0.6 is 22.9 Å². The Balaban J connectivity index is 1.63. The van der Waals surface area contributed by atoms with Gasteiger partial charge in [-0.25, -0.2) is 4.98 Å². The Labute approximate surface area is 152 Å². The first kappa shape index (κ1) is 17.5. The molecule has 1 aromatic carbocycles. The number of ether oxygens (including phenoxy) is 3. The molecule has 1 aromatic heterocycles. The lowest BCUT2D eigenvalue weighted by atomic mass is 10.1. The summed E-state index contributed by atoms with van der Waals surface area (Å²) < 4.78 is 15.5. The first-order chi connectivity index (χ1) is 12.0.